The maximum atomic E-state index is 12.1. The predicted molar refractivity (Wildman–Crippen MR) is 83.4 cm³/mol. The monoisotopic (exact) mass is 308 g/mol. The van der Waals surface area contributed by atoms with E-state index in [1.165, 1.54) is 6.42 Å². The van der Waals surface area contributed by atoms with E-state index in [-0.39, 0.29) is 11.8 Å². The Bertz CT molecular complexity index is 519. The first-order chi connectivity index (χ1) is 10.1. The summed E-state index contributed by atoms with van der Waals surface area (Å²) in [5, 5.41) is 3.18. The molecule has 0 bridgehead atoms. The van der Waals surface area contributed by atoms with Gasteiger partial charge in [-0.1, -0.05) is 23.7 Å². The molecule has 1 atom stereocenters. The van der Waals surface area contributed by atoms with Gasteiger partial charge in [-0.05, 0) is 38.3 Å². The van der Waals surface area contributed by atoms with Gasteiger partial charge in [-0.15, -0.1) is 0 Å². The maximum Gasteiger partial charge on any atom is 0.252 e. The lowest BCUT2D eigenvalue weighted by atomic mass is 10.0. The van der Waals surface area contributed by atoms with Crippen LogP contribution in [0.1, 0.15) is 43.0 Å². The van der Waals surface area contributed by atoms with E-state index in [9.17, 15) is 9.59 Å². The second-order valence-electron chi connectivity index (χ2n) is 5.42. The van der Waals surface area contributed by atoms with Gasteiger partial charge in [0, 0.05) is 25.6 Å². The number of piperidine rings is 1. The molecule has 1 aromatic rings. The van der Waals surface area contributed by atoms with Crippen molar-refractivity contribution in [3.8, 4) is 0 Å². The molecule has 1 aliphatic rings. The molecule has 0 aliphatic carbocycles. The Hall–Kier alpha value is -1.55. The minimum Gasteiger partial charge on any atom is -0.351 e. The number of nitrogens with zero attached hydrogens (tertiary/aromatic N) is 1. The smallest absolute Gasteiger partial charge is 0.252 e. The van der Waals surface area contributed by atoms with Crippen molar-refractivity contribution in [2.24, 2.45) is 0 Å². The van der Waals surface area contributed by atoms with Crippen LogP contribution in [0.2, 0.25) is 5.02 Å². The Balaban J connectivity index is 1.80. The minimum absolute atomic E-state index is 0.113. The zero-order valence-electron chi connectivity index (χ0n) is 12.3. The standard InChI is InChI=1S/C16H21ClN2O2/c1-12-6-4-5-11-19(12)15(20)9-10-18-16(21)13-7-2-3-8-14(13)17/h2-3,7-8,12H,4-6,9-11H2,1H3,(H,18,21)/t12-/m1/s1. The SMILES string of the molecule is C[C@@H]1CCCCN1C(=O)CCNC(=O)c1ccccc1Cl. The molecule has 21 heavy (non-hydrogen) atoms. The highest BCUT2D eigenvalue weighted by Gasteiger charge is 2.22. The van der Waals surface area contributed by atoms with Gasteiger partial charge in [0.1, 0.15) is 0 Å². The topological polar surface area (TPSA) is 49.4 Å². The summed E-state index contributed by atoms with van der Waals surface area (Å²) in [5.74, 6) is -0.123. The average molecular weight is 309 g/mol. The summed E-state index contributed by atoms with van der Waals surface area (Å²) in [6.07, 6.45) is 3.66. The normalized spacial score (nSPS) is 18.4. The predicted octanol–water partition coefficient (Wildman–Crippen LogP) is 2.86. The van der Waals surface area contributed by atoms with Crippen LogP contribution in [0.5, 0.6) is 0 Å². The summed E-state index contributed by atoms with van der Waals surface area (Å²) in [4.78, 5) is 26.0. The molecule has 1 aromatic carbocycles. The third-order valence-corrected chi connectivity index (χ3v) is 4.20. The number of hydrogen-bond acceptors (Lipinski definition) is 2. The van der Waals surface area contributed by atoms with Gasteiger partial charge in [-0.25, -0.2) is 0 Å². The maximum absolute atomic E-state index is 12.1. The lowest BCUT2D eigenvalue weighted by molar-refractivity contribution is -0.134. The van der Waals surface area contributed by atoms with Gasteiger partial charge >= 0.3 is 0 Å². The number of carbonyl (C=O) groups is 2. The average Bonchev–Trinajstić information content (AvgIpc) is 2.48. The molecular formula is C16H21ClN2O2. The van der Waals surface area contributed by atoms with E-state index in [1.807, 2.05) is 4.90 Å². The van der Waals surface area contributed by atoms with Gasteiger partial charge < -0.3 is 10.2 Å². The molecule has 1 aliphatic heterocycles. The fourth-order valence-corrected chi connectivity index (χ4v) is 2.86. The summed E-state index contributed by atoms with van der Waals surface area (Å²) >= 11 is 5.97. The zero-order valence-corrected chi connectivity index (χ0v) is 13.0. The van der Waals surface area contributed by atoms with Gasteiger partial charge in [-0.2, -0.15) is 0 Å². The zero-order chi connectivity index (χ0) is 15.2. The quantitative estimate of drug-likeness (QED) is 0.930. The fourth-order valence-electron chi connectivity index (χ4n) is 2.64. The molecule has 0 spiro atoms. The highest BCUT2D eigenvalue weighted by molar-refractivity contribution is 6.33. The molecule has 0 saturated carbocycles. The molecule has 1 N–H and O–H groups in total. The molecule has 0 radical (unpaired) electrons. The number of hydrogen-bond donors (Lipinski definition) is 1. The third-order valence-electron chi connectivity index (χ3n) is 3.87. The Morgan fingerprint density at radius 1 is 1.33 bits per heavy atom. The molecule has 5 heteroatoms. The van der Waals surface area contributed by atoms with Crippen molar-refractivity contribution >= 4 is 23.4 Å². The first-order valence-corrected chi connectivity index (χ1v) is 7.79. The fraction of sp³-hybridized carbons (Fsp3) is 0.500. The second kappa shape index (κ2) is 7.46. The lowest BCUT2D eigenvalue weighted by Crippen LogP contribution is -2.43. The van der Waals surface area contributed by atoms with Gasteiger partial charge in [0.05, 0.1) is 10.6 Å². The van der Waals surface area contributed by atoms with Crippen LogP contribution < -0.4 is 5.32 Å². The number of benzene rings is 1. The first-order valence-electron chi connectivity index (χ1n) is 7.42. The number of carbonyl (C=O) groups excluding carboxylic acids is 2. The van der Waals surface area contributed by atoms with E-state index in [2.05, 4.69) is 12.2 Å². The molecule has 0 unspecified atom stereocenters. The van der Waals surface area contributed by atoms with Crippen molar-refractivity contribution in [1.29, 1.82) is 0 Å². The van der Waals surface area contributed by atoms with Gasteiger partial charge in [0.2, 0.25) is 5.91 Å². The number of rotatable bonds is 4. The Kier molecular flexibility index (Phi) is 5.62. The van der Waals surface area contributed by atoms with Crippen molar-refractivity contribution in [2.75, 3.05) is 13.1 Å². The van der Waals surface area contributed by atoms with Gasteiger partial charge in [0.15, 0.2) is 0 Å². The molecule has 1 heterocycles. The van der Waals surface area contributed by atoms with Crippen LogP contribution in [0.25, 0.3) is 0 Å². The number of halogens is 1. The highest BCUT2D eigenvalue weighted by Crippen LogP contribution is 2.17. The van der Waals surface area contributed by atoms with Crippen molar-refractivity contribution in [2.45, 2.75) is 38.6 Å². The van der Waals surface area contributed by atoms with E-state index >= 15 is 0 Å². The van der Waals surface area contributed by atoms with Crippen LogP contribution in [0.15, 0.2) is 24.3 Å². The van der Waals surface area contributed by atoms with Crippen molar-refractivity contribution in [1.82, 2.24) is 10.2 Å². The molecule has 114 valence electrons. The molecular weight excluding hydrogens is 288 g/mol. The molecule has 1 saturated heterocycles. The second-order valence-corrected chi connectivity index (χ2v) is 5.82. The van der Waals surface area contributed by atoms with Crippen molar-refractivity contribution < 1.29 is 9.59 Å². The van der Waals surface area contributed by atoms with Crippen LogP contribution in [0.4, 0.5) is 0 Å². The van der Waals surface area contributed by atoms with Crippen LogP contribution in [-0.2, 0) is 4.79 Å². The minimum atomic E-state index is -0.236. The summed E-state index contributed by atoms with van der Waals surface area (Å²) in [7, 11) is 0. The Morgan fingerprint density at radius 2 is 2.10 bits per heavy atom. The largest absolute Gasteiger partial charge is 0.351 e. The molecule has 2 amide bonds. The van der Waals surface area contributed by atoms with E-state index in [0.717, 1.165) is 19.4 Å². The van der Waals surface area contributed by atoms with Crippen LogP contribution in [0, 0.1) is 0 Å². The van der Waals surface area contributed by atoms with Gasteiger partial charge in [-0.3, -0.25) is 9.59 Å². The number of nitrogens with one attached hydrogen (secondary N) is 1. The third kappa shape index (κ3) is 4.21. The van der Waals surface area contributed by atoms with E-state index < -0.39 is 0 Å². The first kappa shape index (κ1) is 15.8. The molecule has 0 aromatic heterocycles. The molecule has 4 nitrogen and oxygen atoms in total. The molecule has 2 rings (SSSR count). The number of likely N-dealkylation sites (tertiary alicyclic amines) is 1. The summed E-state index contributed by atoms with van der Waals surface area (Å²) < 4.78 is 0. The summed E-state index contributed by atoms with van der Waals surface area (Å²) in [5.41, 5.74) is 0.443. The van der Waals surface area contributed by atoms with Gasteiger partial charge in [0.25, 0.3) is 5.91 Å². The summed E-state index contributed by atoms with van der Waals surface area (Å²) in [6, 6.07) is 7.20. The van der Waals surface area contributed by atoms with E-state index in [4.69, 9.17) is 11.6 Å². The number of amides is 2. The van der Waals surface area contributed by atoms with E-state index in [0.29, 0.717) is 29.6 Å². The summed E-state index contributed by atoms with van der Waals surface area (Å²) in [6.45, 7) is 3.25. The van der Waals surface area contributed by atoms with E-state index in [1.54, 1.807) is 24.3 Å². The lowest BCUT2D eigenvalue weighted by Gasteiger charge is -2.33. The van der Waals surface area contributed by atoms with Crippen LogP contribution >= 0.6 is 11.6 Å². The van der Waals surface area contributed by atoms with Crippen LogP contribution in [0.3, 0.4) is 0 Å². The highest BCUT2D eigenvalue weighted by atomic mass is 35.5. The van der Waals surface area contributed by atoms with Crippen molar-refractivity contribution in [3.63, 3.8) is 0 Å². The Labute approximate surface area is 130 Å². The Morgan fingerprint density at radius 3 is 2.81 bits per heavy atom. The molecule has 1 fully saturated rings. The van der Waals surface area contributed by atoms with Crippen LogP contribution in [-0.4, -0.2) is 35.8 Å². The van der Waals surface area contributed by atoms with Crippen molar-refractivity contribution in [3.05, 3.63) is 34.9 Å².